The number of carbonyl (C=O) groups excluding carboxylic acids is 2. The zero-order valence-electron chi connectivity index (χ0n) is 15.8. The lowest BCUT2D eigenvalue weighted by molar-refractivity contribution is 0.101. The van der Waals surface area contributed by atoms with Gasteiger partial charge in [-0.1, -0.05) is 19.4 Å². The van der Waals surface area contributed by atoms with Gasteiger partial charge in [-0.15, -0.1) is 0 Å². The molecule has 28 heavy (non-hydrogen) atoms. The molecule has 0 fully saturated rings. The van der Waals surface area contributed by atoms with Crippen LogP contribution >= 0.6 is 0 Å². The minimum Gasteiger partial charge on any atom is -0.327 e. The Labute approximate surface area is 162 Å². The monoisotopic (exact) mass is 390 g/mol. The number of carbonyl (C=O) groups is 2. The molecular weight excluding hydrogens is 366 g/mol. The predicted octanol–water partition coefficient (Wildman–Crippen LogP) is 2.98. The van der Waals surface area contributed by atoms with Crippen molar-refractivity contribution in [1.29, 1.82) is 0 Å². The van der Waals surface area contributed by atoms with Gasteiger partial charge < -0.3 is 11.1 Å². The van der Waals surface area contributed by atoms with Crippen LogP contribution in [-0.4, -0.2) is 34.4 Å². The van der Waals surface area contributed by atoms with Crippen LogP contribution in [0.2, 0.25) is 0 Å². The first-order valence-corrected chi connectivity index (χ1v) is 9.44. The molecule has 8 heteroatoms. The maximum absolute atomic E-state index is 12.8. The second kappa shape index (κ2) is 8.60. The van der Waals surface area contributed by atoms with Gasteiger partial charge in [0.05, 0.1) is 5.69 Å². The third-order valence-corrected chi connectivity index (χ3v) is 4.98. The number of benzene rings is 1. The number of fused-ring (bicyclic) bond motifs is 1. The molecule has 0 saturated heterocycles. The van der Waals surface area contributed by atoms with Gasteiger partial charge >= 0.3 is 0 Å². The van der Waals surface area contributed by atoms with E-state index in [9.17, 15) is 18.4 Å². The second-order valence-corrected chi connectivity index (χ2v) is 7.08. The molecule has 0 bridgehead atoms. The summed E-state index contributed by atoms with van der Waals surface area (Å²) in [7, 11) is 0. The highest BCUT2D eigenvalue weighted by Gasteiger charge is 2.22. The number of hydrogen-bond donors (Lipinski definition) is 2. The quantitative estimate of drug-likeness (QED) is 0.711. The first-order chi connectivity index (χ1) is 13.4. The number of alkyl halides is 2. The van der Waals surface area contributed by atoms with E-state index < -0.39 is 18.9 Å². The number of hydrogen-bond acceptors (Lipinski definition) is 4. The lowest BCUT2D eigenvalue weighted by Gasteiger charge is -2.24. The number of aldehydes is 1. The van der Waals surface area contributed by atoms with Gasteiger partial charge in [-0.05, 0) is 48.9 Å². The number of aryl methyl sites for hydroxylation is 1. The molecule has 0 aliphatic heterocycles. The summed E-state index contributed by atoms with van der Waals surface area (Å²) in [6.07, 6.45) is 1.64. The third-order valence-electron chi connectivity index (χ3n) is 4.98. The minimum atomic E-state index is -2.56. The standard InChI is InChI=1S/C20H24F2N4O2/c1-2-3-14-9-18(25-26(14)10-19(21)22)20(28)24-17-7-4-12-8-13(23)5-6-15(12)16(17)11-27/h4,7,9,11,13,19H,2-3,5-6,8,10,23H2,1H3,(H,24,28). The minimum absolute atomic E-state index is 0.0562. The van der Waals surface area contributed by atoms with E-state index in [1.807, 2.05) is 13.0 Å². The summed E-state index contributed by atoms with van der Waals surface area (Å²) in [6.45, 7) is 1.37. The van der Waals surface area contributed by atoms with E-state index in [0.29, 0.717) is 36.2 Å². The Kier molecular flexibility index (Phi) is 6.18. The number of aromatic nitrogens is 2. The number of amides is 1. The fourth-order valence-electron chi connectivity index (χ4n) is 3.65. The second-order valence-electron chi connectivity index (χ2n) is 7.08. The molecule has 1 aliphatic carbocycles. The van der Waals surface area contributed by atoms with E-state index in [0.717, 1.165) is 30.3 Å². The van der Waals surface area contributed by atoms with Crippen molar-refractivity contribution in [3.05, 3.63) is 46.3 Å². The molecule has 1 aromatic heterocycles. The number of nitrogens with zero attached hydrogens (tertiary/aromatic N) is 2. The summed E-state index contributed by atoms with van der Waals surface area (Å²) in [6, 6.07) is 5.15. The Hall–Kier alpha value is -2.61. The molecule has 1 aliphatic rings. The molecule has 6 nitrogen and oxygen atoms in total. The number of halogens is 2. The molecule has 0 saturated carbocycles. The van der Waals surface area contributed by atoms with Crippen LogP contribution in [-0.2, 0) is 25.8 Å². The fraction of sp³-hybridized carbons (Fsp3) is 0.450. The predicted molar refractivity (Wildman–Crippen MR) is 102 cm³/mol. The van der Waals surface area contributed by atoms with Gasteiger partial charge in [0.25, 0.3) is 12.3 Å². The molecule has 0 spiro atoms. The number of nitrogens with two attached hydrogens (primary N) is 1. The molecule has 2 aromatic rings. The number of nitrogens with one attached hydrogen (secondary N) is 1. The molecule has 1 unspecified atom stereocenters. The molecule has 3 N–H and O–H groups in total. The van der Waals surface area contributed by atoms with Crippen molar-refractivity contribution >= 4 is 17.9 Å². The average Bonchev–Trinajstić information content (AvgIpc) is 3.04. The Morgan fingerprint density at radius 2 is 2.25 bits per heavy atom. The van der Waals surface area contributed by atoms with Crippen molar-refractivity contribution in [3.8, 4) is 0 Å². The van der Waals surface area contributed by atoms with Crippen molar-refractivity contribution in [2.45, 2.75) is 58.0 Å². The van der Waals surface area contributed by atoms with E-state index in [1.54, 1.807) is 6.07 Å². The molecule has 1 heterocycles. The van der Waals surface area contributed by atoms with Crippen LogP contribution in [0.25, 0.3) is 0 Å². The van der Waals surface area contributed by atoms with Crippen LogP contribution in [0.3, 0.4) is 0 Å². The zero-order valence-corrected chi connectivity index (χ0v) is 15.8. The van der Waals surface area contributed by atoms with Gasteiger partial charge in [-0.2, -0.15) is 5.10 Å². The van der Waals surface area contributed by atoms with Crippen molar-refractivity contribution in [2.24, 2.45) is 5.73 Å². The SMILES string of the molecule is CCCc1cc(C(=O)Nc2ccc3c(c2C=O)CCC(N)C3)nn1CC(F)F. The largest absolute Gasteiger partial charge is 0.327 e. The molecule has 3 rings (SSSR count). The molecule has 1 amide bonds. The smallest absolute Gasteiger partial charge is 0.276 e. The highest BCUT2D eigenvalue weighted by atomic mass is 19.3. The van der Waals surface area contributed by atoms with E-state index in [4.69, 9.17) is 5.73 Å². The summed E-state index contributed by atoms with van der Waals surface area (Å²) in [4.78, 5) is 24.3. The third kappa shape index (κ3) is 4.27. The van der Waals surface area contributed by atoms with Crippen LogP contribution in [0.15, 0.2) is 18.2 Å². The molecule has 150 valence electrons. The van der Waals surface area contributed by atoms with E-state index in [1.165, 1.54) is 10.7 Å². The summed E-state index contributed by atoms with van der Waals surface area (Å²) >= 11 is 0. The van der Waals surface area contributed by atoms with Gasteiger partial charge in [0.15, 0.2) is 12.0 Å². The normalized spacial score (nSPS) is 16.1. The van der Waals surface area contributed by atoms with Crippen LogP contribution in [0.4, 0.5) is 14.5 Å². The maximum atomic E-state index is 12.8. The summed E-state index contributed by atoms with van der Waals surface area (Å²) in [5.41, 5.74) is 9.40. The van der Waals surface area contributed by atoms with Crippen molar-refractivity contribution in [1.82, 2.24) is 9.78 Å². The average molecular weight is 390 g/mol. The van der Waals surface area contributed by atoms with Crippen LogP contribution in [0, 0.1) is 0 Å². The van der Waals surface area contributed by atoms with Gasteiger partial charge in [-0.25, -0.2) is 8.78 Å². The van der Waals surface area contributed by atoms with Gasteiger partial charge in [0, 0.05) is 17.3 Å². The van der Waals surface area contributed by atoms with Crippen LogP contribution in [0.5, 0.6) is 0 Å². The highest BCUT2D eigenvalue weighted by Crippen LogP contribution is 2.28. The Balaban J connectivity index is 1.86. The lowest BCUT2D eigenvalue weighted by Crippen LogP contribution is -2.28. The van der Waals surface area contributed by atoms with E-state index in [2.05, 4.69) is 10.4 Å². The summed E-state index contributed by atoms with van der Waals surface area (Å²) in [5, 5.41) is 6.75. The number of anilines is 1. The molecule has 1 aromatic carbocycles. The summed E-state index contributed by atoms with van der Waals surface area (Å²) in [5.74, 6) is -0.527. The first kappa shape index (κ1) is 20.1. The molecule has 0 radical (unpaired) electrons. The lowest BCUT2D eigenvalue weighted by atomic mass is 9.85. The van der Waals surface area contributed by atoms with Gasteiger partial charge in [-0.3, -0.25) is 14.3 Å². The zero-order chi connectivity index (χ0) is 20.3. The van der Waals surface area contributed by atoms with Crippen LogP contribution in [0.1, 0.15) is 57.4 Å². The highest BCUT2D eigenvalue weighted by molar-refractivity contribution is 6.05. The summed E-state index contributed by atoms with van der Waals surface area (Å²) < 4.78 is 26.7. The van der Waals surface area contributed by atoms with Crippen molar-refractivity contribution in [2.75, 3.05) is 5.32 Å². The first-order valence-electron chi connectivity index (χ1n) is 9.44. The van der Waals surface area contributed by atoms with E-state index in [-0.39, 0.29) is 11.7 Å². The topological polar surface area (TPSA) is 90.0 Å². The van der Waals surface area contributed by atoms with Gasteiger partial charge in [0.1, 0.15) is 6.54 Å². The Morgan fingerprint density at radius 1 is 1.46 bits per heavy atom. The fourth-order valence-corrected chi connectivity index (χ4v) is 3.65. The number of rotatable bonds is 7. The Morgan fingerprint density at radius 3 is 2.93 bits per heavy atom. The van der Waals surface area contributed by atoms with Gasteiger partial charge in [0.2, 0.25) is 0 Å². The van der Waals surface area contributed by atoms with Crippen molar-refractivity contribution < 1.29 is 18.4 Å². The maximum Gasteiger partial charge on any atom is 0.276 e. The van der Waals surface area contributed by atoms with Crippen molar-refractivity contribution in [3.63, 3.8) is 0 Å². The molecule has 1 atom stereocenters. The van der Waals surface area contributed by atoms with Crippen LogP contribution < -0.4 is 11.1 Å². The molecular formula is C20H24F2N4O2. The Bertz CT molecular complexity index is 879. The van der Waals surface area contributed by atoms with E-state index >= 15 is 0 Å².